The average Bonchev–Trinajstić information content (AvgIpc) is 3.61. The minimum atomic E-state index is -0.112. The molecule has 0 bridgehead atoms. The Balaban J connectivity index is 1.16. The smallest absolute Gasteiger partial charge is 0.252 e. The van der Waals surface area contributed by atoms with Gasteiger partial charge in [-0.3, -0.25) is 0 Å². The highest BCUT2D eigenvalue weighted by molar-refractivity contribution is 7.00. The SMILES string of the molecule is Cc1cc2c3c(c1)N(c1ccc(C(C)(C)C)cc1-c1ccc(C(C)(C)C)cc1)c1ccc(C(C)(C)C)cc1B3c1ccc(N(c3ccccc3)c3ccccc3)cc1N2c1ccc2c(c1)-c1ccccc1C2(C)C. The van der Waals surface area contributed by atoms with Crippen molar-refractivity contribution < 1.29 is 0 Å². The van der Waals surface area contributed by atoms with E-state index in [4.69, 9.17) is 0 Å². The first-order valence-corrected chi connectivity index (χ1v) is 26.7. The van der Waals surface area contributed by atoms with Gasteiger partial charge in [-0.15, -0.1) is 0 Å². The minimum absolute atomic E-state index is 0.0428. The van der Waals surface area contributed by atoms with E-state index in [0.717, 1.165) is 22.7 Å². The highest BCUT2D eigenvalue weighted by atomic mass is 15.2. The van der Waals surface area contributed by atoms with E-state index in [1.54, 1.807) is 0 Å². The summed E-state index contributed by atoms with van der Waals surface area (Å²) in [6, 6.07) is 74.1. The largest absolute Gasteiger partial charge is 0.311 e. The Morgan fingerprint density at radius 1 is 0.392 bits per heavy atom. The maximum absolute atomic E-state index is 2.62. The lowest BCUT2D eigenvalue weighted by molar-refractivity contribution is 0.590. The molecule has 9 aromatic rings. The fraction of sp³-hybridized carbons (Fsp3) is 0.229. The number of hydrogen-bond acceptors (Lipinski definition) is 3. The van der Waals surface area contributed by atoms with Gasteiger partial charge in [0.15, 0.2) is 0 Å². The van der Waals surface area contributed by atoms with Crippen molar-refractivity contribution >= 4 is 74.3 Å². The second-order valence-electron chi connectivity index (χ2n) is 24.8. The van der Waals surface area contributed by atoms with Crippen molar-refractivity contribution in [3.8, 4) is 22.3 Å². The van der Waals surface area contributed by atoms with E-state index in [0.29, 0.717) is 0 Å². The van der Waals surface area contributed by atoms with Gasteiger partial charge in [0.1, 0.15) is 0 Å². The van der Waals surface area contributed by atoms with Crippen LogP contribution in [0, 0.1) is 6.92 Å². The first-order valence-electron chi connectivity index (χ1n) is 26.7. The number of para-hydroxylation sites is 2. The summed E-state index contributed by atoms with van der Waals surface area (Å²) in [6.07, 6.45) is 0. The molecular formula is C70H68BN3. The molecule has 366 valence electrons. The lowest BCUT2D eigenvalue weighted by Crippen LogP contribution is -2.61. The van der Waals surface area contributed by atoms with Crippen molar-refractivity contribution in [3.63, 3.8) is 0 Å². The van der Waals surface area contributed by atoms with Crippen molar-refractivity contribution in [1.29, 1.82) is 0 Å². The predicted octanol–water partition coefficient (Wildman–Crippen LogP) is 17.4. The van der Waals surface area contributed by atoms with Crippen molar-refractivity contribution in [2.24, 2.45) is 0 Å². The minimum Gasteiger partial charge on any atom is -0.311 e. The van der Waals surface area contributed by atoms with Crippen LogP contribution in [0.5, 0.6) is 0 Å². The van der Waals surface area contributed by atoms with Crippen molar-refractivity contribution in [2.45, 2.75) is 105 Å². The molecule has 4 heteroatoms. The molecule has 0 aromatic heterocycles. The van der Waals surface area contributed by atoms with Crippen LogP contribution in [0.2, 0.25) is 0 Å². The first-order chi connectivity index (χ1) is 35.3. The van der Waals surface area contributed by atoms with E-state index in [1.807, 2.05) is 0 Å². The molecule has 0 radical (unpaired) electrons. The Morgan fingerprint density at radius 2 is 0.946 bits per heavy atom. The van der Waals surface area contributed by atoms with Gasteiger partial charge in [-0.05, 0) is 168 Å². The van der Waals surface area contributed by atoms with Crippen LogP contribution in [0.1, 0.15) is 110 Å². The first kappa shape index (κ1) is 47.4. The van der Waals surface area contributed by atoms with Crippen LogP contribution < -0.4 is 31.1 Å². The maximum atomic E-state index is 2.62. The summed E-state index contributed by atoms with van der Waals surface area (Å²) in [5.41, 5.74) is 27.3. The van der Waals surface area contributed by atoms with Crippen LogP contribution >= 0.6 is 0 Å². The van der Waals surface area contributed by atoms with Gasteiger partial charge in [0, 0.05) is 56.5 Å². The van der Waals surface area contributed by atoms with E-state index < -0.39 is 0 Å². The maximum Gasteiger partial charge on any atom is 0.252 e. The molecule has 0 N–H and O–H groups in total. The molecule has 1 aliphatic carbocycles. The normalized spacial score (nSPS) is 14.2. The zero-order chi connectivity index (χ0) is 51.6. The molecule has 0 spiro atoms. The highest BCUT2D eigenvalue weighted by Crippen LogP contribution is 2.53. The number of fused-ring (bicyclic) bond motifs is 7. The van der Waals surface area contributed by atoms with E-state index in [9.17, 15) is 0 Å². The molecule has 0 saturated heterocycles. The Bertz CT molecular complexity index is 3620. The monoisotopic (exact) mass is 962 g/mol. The summed E-state index contributed by atoms with van der Waals surface area (Å²) in [6.45, 7) is 27.9. The fourth-order valence-electron chi connectivity index (χ4n) is 12.3. The fourth-order valence-corrected chi connectivity index (χ4v) is 12.3. The number of aryl methyl sites for hydroxylation is 1. The molecule has 2 aliphatic heterocycles. The molecule has 12 rings (SSSR count). The van der Waals surface area contributed by atoms with Crippen LogP contribution in [-0.4, -0.2) is 6.71 Å². The van der Waals surface area contributed by atoms with Gasteiger partial charge in [0.2, 0.25) is 0 Å². The van der Waals surface area contributed by atoms with E-state index in [-0.39, 0.29) is 28.4 Å². The average molecular weight is 962 g/mol. The third-order valence-electron chi connectivity index (χ3n) is 16.3. The van der Waals surface area contributed by atoms with Gasteiger partial charge in [0.25, 0.3) is 6.71 Å². The molecule has 2 heterocycles. The molecule has 9 aromatic carbocycles. The number of hydrogen-bond donors (Lipinski definition) is 0. The third kappa shape index (κ3) is 7.71. The van der Waals surface area contributed by atoms with Crippen LogP contribution in [0.15, 0.2) is 194 Å². The lowest BCUT2D eigenvalue weighted by atomic mass is 9.33. The summed E-state index contributed by atoms with van der Waals surface area (Å²) in [5.74, 6) is 0. The topological polar surface area (TPSA) is 9.72 Å². The Labute approximate surface area is 441 Å². The zero-order valence-corrected chi connectivity index (χ0v) is 45.4. The quantitative estimate of drug-likeness (QED) is 0.154. The summed E-state index contributed by atoms with van der Waals surface area (Å²) in [7, 11) is 0. The molecule has 0 amide bonds. The van der Waals surface area contributed by atoms with Gasteiger partial charge in [-0.2, -0.15) is 0 Å². The summed E-state index contributed by atoms with van der Waals surface area (Å²) >= 11 is 0. The number of rotatable bonds is 6. The summed E-state index contributed by atoms with van der Waals surface area (Å²) in [5, 5.41) is 0. The Kier molecular flexibility index (Phi) is 10.9. The Hall–Kier alpha value is -7.56. The highest BCUT2D eigenvalue weighted by Gasteiger charge is 2.45. The van der Waals surface area contributed by atoms with Crippen molar-refractivity contribution in [2.75, 3.05) is 14.7 Å². The second-order valence-corrected chi connectivity index (χ2v) is 24.8. The lowest BCUT2D eigenvalue weighted by Gasteiger charge is -2.45. The molecule has 3 nitrogen and oxygen atoms in total. The predicted molar refractivity (Wildman–Crippen MR) is 319 cm³/mol. The molecule has 0 unspecified atom stereocenters. The van der Waals surface area contributed by atoms with Crippen molar-refractivity contribution in [1.82, 2.24) is 0 Å². The zero-order valence-electron chi connectivity index (χ0n) is 45.4. The standard InChI is InChI=1S/C70H68BN3/c1-45-39-64-66-65(40-45)74(61-37-31-48(68(5,6)7)41-55(61)46-27-29-47(30-28-46)67(2,3)4)62-38-32-49(69(8,9)10)42-60(62)71(66)59-36-34-53(72(50-21-15-13-16-22-50)51-23-17-14-18-24-51)44-63(59)73(64)52-33-35-58-56(43-52)54-25-19-20-26-57(54)70(58,11)12/h13-44H,1-12H3. The molecule has 0 saturated carbocycles. The number of nitrogens with zero attached hydrogens (tertiary/aromatic N) is 3. The van der Waals surface area contributed by atoms with Crippen LogP contribution in [-0.2, 0) is 21.7 Å². The number of anilines is 9. The molecular weight excluding hydrogens is 894 g/mol. The second kappa shape index (κ2) is 17.0. The van der Waals surface area contributed by atoms with E-state index in [2.05, 4.69) is 292 Å². The van der Waals surface area contributed by atoms with Gasteiger partial charge in [-0.25, -0.2) is 0 Å². The van der Waals surface area contributed by atoms with Gasteiger partial charge < -0.3 is 14.7 Å². The van der Waals surface area contributed by atoms with Crippen LogP contribution in [0.25, 0.3) is 22.3 Å². The molecule has 74 heavy (non-hydrogen) atoms. The van der Waals surface area contributed by atoms with Crippen LogP contribution in [0.3, 0.4) is 0 Å². The summed E-state index contributed by atoms with van der Waals surface area (Å²) < 4.78 is 0. The van der Waals surface area contributed by atoms with Crippen molar-refractivity contribution in [3.05, 3.63) is 228 Å². The number of benzene rings is 9. The van der Waals surface area contributed by atoms with Gasteiger partial charge in [0.05, 0.1) is 5.69 Å². The van der Waals surface area contributed by atoms with E-state index in [1.165, 1.54) is 100 Å². The summed E-state index contributed by atoms with van der Waals surface area (Å²) in [4.78, 5) is 7.63. The van der Waals surface area contributed by atoms with Gasteiger partial charge in [-0.1, -0.05) is 191 Å². The van der Waals surface area contributed by atoms with Crippen LogP contribution in [0.4, 0.5) is 51.2 Å². The van der Waals surface area contributed by atoms with Gasteiger partial charge >= 0.3 is 0 Å². The molecule has 0 fully saturated rings. The molecule has 0 atom stereocenters. The molecule has 3 aliphatic rings. The van der Waals surface area contributed by atoms with E-state index >= 15 is 0 Å². The third-order valence-corrected chi connectivity index (χ3v) is 16.3. The Morgan fingerprint density at radius 3 is 1.58 bits per heavy atom.